The summed E-state index contributed by atoms with van der Waals surface area (Å²) in [7, 11) is 3.77. The number of hydrogen-bond donors (Lipinski definition) is 3. The Kier molecular flexibility index (Phi) is 7.80. The second kappa shape index (κ2) is 11.0. The van der Waals surface area contributed by atoms with E-state index in [1.165, 1.54) is 16.0 Å². The maximum absolute atomic E-state index is 12.5. The van der Waals surface area contributed by atoms with Crippen molar-refractivity contribution in [2.75, 3.05) is 38.2 Å². The lowest BCUT2D eigenvalue weighted by atomic mass is 10.1. The number of aromatic nitrogens is 6. The number of anilines is 3. The number of amides is 1. The van der Waals surface area contributed by atoms with Crippen molar-refractivity contribution in [2.45, 2.75) is 19.9 Å². The Morgan fingerprint density at radius 2 is 2.11 bits per heavy atom. The molecule has 0 aliphatic carbocycles. The molecule has 0 atom stereocenters. The number of hydrogen-bond acceptors (Lipinski definition) is 11. The monoisotopic (exact) mass is 544 g/mol. The molecule has 0 fully saturated rings. The van der Waals surface area contributed by atoms with Gasteiger partial charge in [0.2, 0.25) is 23.1 Å². The Morgan fingerprint density at radius 1 is 1.35 bits per heavy atom. The van der Waals surface area contributed by atoms with E-state index >= 15 is 0 Å². The van der Waals surface area contributed by atoms with E-state index in [-0.39, 0.29) is 23.6 Å². The van der Waals surface area contributed by atoms with Gasteiger partial charge in [-0.3, -0.25) is 14.6 Å². The number of halogens is 1. The SMILES string of the molecule is Cc1csc2c(-n3nc(Nc4cnc5c(c4)CN(C(=O)CN(C)C)CC5)nc3N)nc(Cl)nc12.O=CO. The van der Waals surface area contributed by atoms with Crippen LogP contribution in [0.15, 0.2) is 17.6 Å². The highest BCUT2D eigenvalue weighted by Gasteiger charge is 2.23. The van der Waals surface area contributed by atoms with Gasteiger partial charge in [-0.15, -0.1) is 16.4 Å². The van der Waals surface area contributed by atoms with Gasteiger partial charge in [0.1, 0.15) is 0 Å². The zero-order valence-corrected chi connectivity index (χ0v) is 21.9. The van der Waals surface area contributed by atoms with Gasteiger partial charge >= 0.3 is 0 Å². The van der Waals surface area contributed by atoms with Gasteiger partial charge in [0, 0.05) is 25.2 Å². The molecule has 1 aliphatic heterocycles. The predicted molar refractivity (Wildman–Crippen MR) is 140 cm³/mol. The number of nitrogens with zero attached hydrogens (tertiary/aromatic N) is 8. The van der Waals surface area contributed by atoms with E-state index in [1.807, 2.05) is 42.3 Å². The van der Waals surface area contributed by atoms with Crippen molar-refractivity contribution in [3.8, 4) is 5.82 Å². The highest BCUT2D eigenvalue weighted by Crippen LogP contribution is 2.31. The summed E-state index contributed by atoms with van der Waals surface area (Å²) in [5.74, 6) is 1.04. The van der Waals surface area contributed by atoms with Crippen LogP contribution in [0.1, 0.15) is 16.8 Å². The van der Waals surface area contributed by atoms with Gasteiger partial charge in [-0.2, -0.15) is 14.6 Å². The summed E-state index contributed by atoms with van der Waals surface area (Å²) >= 11 is 7.64. The van der Waals surface area contributed by atoms with Crippen LogP contribution in [0.2, 0.25) is 5.28 Å². The average Bonchev–Trinajstić information content (AvgIpc) is 3.40. The van der Waals surface area contributed by atoms with Crippen LogP contribution in [0, 0.1) is 6.92 Å². The molecule has 0 spiro atoms. The van der Waals surface area contributed by atoms with Gasteiger partial charge < -0.3 is 26.0 Å². The lowest BCUT2D eigenvalue weighted by Gasteiger charge is -2.29. The number of aryl methyl sites for hydroxylation is 1. The van der Waals surface area contributed by atoms with Crippen LogP contribution in [0.25, 0.3) is 16.0 Å². The minimum atomic E-state index is -0.250. The molecular weight excluding hydrogens is 520 g/mol. The van der Waals surface area contributed by atoms with Crippen LogP contribution in [0.3, 0.4) is 0 Å². The van der Waals surface area contributed by atoms with E-state index in [9.17, 15) is 4.79 Å². The molecule has 0 radical (unpaired) electrons. The zero-order chi connectivity index (χ0) is 26.7. The Morgan fingerprint density at radius 3 is 2.84 bits per heavy atom. The fourth-order valence-corrected chi connectivity index (χ4v) is 5.00. The molecule has 4 aromatic rings. The highest BCUT2D eigenvalue weighted by atomic mass is 35.5. The first kappa shape index (κ1) is 26.2. The molecule has 0 bridgehead atoms. The fourth-order valence-electron chi connectivity index (χ4n) is 3.87. The van der Waals surface area contributed by atoms with Gasteiger partial charge in [-0.25, -0.2) is 4.98 Å². The van der Waals surface area contributed by atoms with Crippen LogP contribution in [0.5, 0.6) is 0 Å². The average molecular weight is 545 g/mol. The summed E-state index contributed by atoms with van der Waals surface area (Å²) in [5, 5.41) is 16.6. The van der Waals surface area contributed by atoms with Gasteiger partial charge in [0.05, 0.1) is 28.6 Å². The number of rotatable bonds is 5. The number of carboxylic acid groups (broad SMARTS) is 1. The van der Waals surface area contributed by atoms with E-state index in [1.54, 1.807) is 6.20 Å². The Bertz CT molecular complexity index is 1450. The van der Waals surface area contributed by atoms with Crippen molar-refractivity contribution < 1.29 is 14.7 Å². The number of thiophene rings is 1. The third-order valence-electron chi connectivity index (χ3n) is 5.48. The minimum absolute atomic E-state index is 0.0980. The van der Waals surface area contributed by atoms with E-state index in [4.69, 9.17) is 27.2 Å². The Hall–Kier alpha value is -3.88. The van der Waals surface area contributed by atoms with E-state index in [0.29, 0.717) is 37.1 Å². The maximum Gasteiger partial charge on any atom is 0.290 e. The number of likely N-dealkylation sites (N-methyl/N-ethyl adjacent to an activating group) is 1. The minimum Gasteiger partial charge on any atom is -0.483 e. The number of nitrogens with one attached hydrogen (secondary N) is 1. The summed E-state index contributed by atoms with van der Waals surface area (Å²) in [6.07, 6.45) is 2.45. The summed E-state index contributed by atoms with van der Waals surface area (Å²) in [5.41, 5.74) is 10.6. The third kappa shape index (κ3) is 5.76. The molecule has 194 valence electrons. The lowest BCUT2D eigenvalue weighted by Crippen LogP contribution is -2.41. The smallest absolute Gasteiger partial charge is 0.290 e. The molecule has 0 saturated heterocycles. The second-order valence-electron chi connectivity index (χ2n) is 8.48. The first-order valence-corrected chi connectivity index (χ1v) is 12.3. The lowest BCUT2D eigenvalue weighted by molar-refractivity contribution is -0.132. The van der Waals surface area contributed by atoms with Crippen LogP contribution < -0.4 is 11.1 Å². The Balaban J connectivity index is 0.00000102. The molecule has 37 heavy (non-hydrogen) atoms. The van der Waals surface area contributed by atoms with Crippen molar-refractivity contribution >= 4 is 63.1 Å². The van der Waals surface area contributed by atoms with Crippen molar-refractivity contribution in [2.24, 2.45) is 0 Å². The normalized spacial score (nSPS) is 12.7. The van der Waals surface area contributed by atoms with Crippen molar-refractivity contribution in [1.82, 2.24) is 39.5 Å². The number of nitrogen functional groups attached to an aromatic ring is 1. The summed E-state index contributed by atoms with van der Waals surface area (Å²) in [4.78, 5) is 42.1. The van der Waals surface area contributed by atoms with Crippen molar-refractivity contribution in [3.05, 3.63) is 39.7 Å². The van der Waals surface area contributed by atoms with Crippen LogP contribution in [-0.2, 0) is 22.6 Å². The van der Waals surface area contributed by atoms with Gasteiger partial charge in [-0.05, 0) is 55.2 Å². The molecule has 15 heteroatoms. The van der Waals surface area contributed by atoms with Crippen molar-refractivity contribution in [1.29, 1.82) is 0 Å². The summed E-state index contributed by atoms with van der Waals surface area (Å²) in [6, 6.07) is 1.97. The van der Waals surface area contributed by atoms with E-state index in [0.717, 1.165) is 33.5 Å². The quantitative estimate of drug-likeness (QED) is 0.248. The van der Waals surface area contributed by atoms with Gasteiger partial charge in [0.25, 0.3) is 6.47 Å². The maximum atomic E-state index is 12.5. The molecule has 1 aliphatic rings. The number of carbonyl (C=O) groups excluding carboxylic acids is 1. The standard InChI is InChI=1S/C21H23ClN10OS.CH2O2/c1-11-10-34-17-16(11)26-19(22)27-18(17)32-20(23)28-21(29-32)25-13-6-12-8-31(15(33)9-30(2)3)5-4-14(12)24-7-13;2-1-3/h6-7,10H,4-5,8-9H2,1-3H3,(H3,23,25,28,29);1H,(H,2,3). The molecule has 0 aromatic carbocycles. The highest BCUT2D eigenvalue weighted by molar-refractivity contribution is 7.17. The Labute approximate surface area is 220 Å². The van der Waals surface area contributed by atoms with Crippen molar-refractivity contribution in [3.63, 3.8) is 0 Å². The first-order chi connectivity index (χ1) is 17.7. The number of carbonyl (C=O) groups is 2. The van der Waals surface area contributed by atoms with Crippen LogP contribution in [0.4, 0.5) is 17.6 Å². The first-order valence-electron chi connectivity index (χ1n) is 11.1. The summed E-state index contributed by atoms with van der Waals surface area (Å²) in [6.45, 7) is 3.27. The van der Waals surface area contributed by atoms with Gasteiger partial charge in [0.15, 0.2) is 5.82 Å². The summed E-state index contributed by atoms with van der Waals surface area (Å²) < 4.78 is 2.27. The molecule has 1 amide bonds. The topological polar surface area (TPSA) is 168 Å². The molecule has 0 unspecified atom stereocenters. The molecule has 13 nitrogen and oxygen atoms in total. The van der Waals surface area contributed by atoms with Crippen LogP contribution >= 0.6 is 22.9 Å². The zero-order valence-electron chi connectivity index (χ0n) is 20.3. The number of nitrogens with two attached hydrogens (primary N) is 1. The van der Waals surface area contributed by atoms with E-state index < -0.39 is 0 Å². The molecule has 4 N–H and O–H groups in total. The largest absolute Gasteiger partial charge is 0.483 e. The molecule has 5 rings (SSSR count). The number of pyridine rings is 1. The fraction of sp³-hybridized carbons (Fsp3) is 0.318. The van der Waals surface area contributed by atoms with Gasteiger partial charge in [-0.1, -0.05) is 0 Å². The molecule has 0 saturated carbocycles. The molecule has 5 heterocycles. The molecular formula is C22H25ClN10O3S. The third-order valence-corrected chi connectivity index (χ3v) is 6.73. The van der Waals surface area contributed by atoms with E-state index in [2.05, 4.69) is 30.4 Å². The molecule has 4 aromatic heterocycles. The predicted octanol–water partition coefficient (Wildman–Crippen LogP) is 2.10. The second-order valence-corrected chi connectivity index (χ2v) is 9.70. The van der Waals surface area contributed by atoms with Crippen LogP contribution in [-0.4, -0.2) is 84.2 Å². The number of fused-ring (bicyclic) bond motifs is 2.